The molecular weight excluding hydrogens is 312 g/mol. The molecule has 0 aliphatic rings. The van der Waals surface area contributed by atoms with E-state index in [1.165, 1.54) is 14.2 Å². The maximum absolute atomic E-state index is 5.38. The van der Waals surface area contributed by atoms with Crippen LogP contribution < -0.4 is 23.7 Å². The van der Waals surface area contributed by atoms with Gasteiger partial charge in [0.15, 0.2) is 23.0 Å². The van der Waals surface area contributed by atoms with Crippen LogP contribution >= 0.6 is 0 Å². The van der Waals surface area contributed by atoms with Gasteiger partial charge in [0.1, 0.15) is 5.69 Å². The van der Waals surface area contributed by atoms with Gasteiger partial charge in [0.2, 0.25) is 5.75 Å². The van der Waals surface area contributed by atoms with Crippen LogP contribution in [0.25, 0.3) is 0 Å². The Morgan fingerprint density at radius 3 is 1.79 bits per heavy atom. The molecule has 2 aromatic carbocycles. The summed E-state index contributed by atoms with van der Waals surface area (Å²) >= 11 is 0. The van der Waals surface area contributed by atoms with Crippen LogP contribution in [0, 0.1) is 0 Å². The maximum atomic E-state index is 5.38. The Bertz CT molecular complexity index is 731. The van der Waals surface area contributed by atoms with E-state index in [2.05, 4.69) is 10.2 Å². The Balaban J connectivity index is 2.38. The summed E-state index contributed by atoms with van der Waals surface area (Å²) in [5.41, 5.74) is 1.13. The fourth-order valence-corrected chi connectivity index (χ4v) is 2.16. The van der Waals surface area contributed by atoms with Crippen LogP contribution in [0.3, 0.4) is 0 Å². The normalized spacial score (nSPS) is 10.5. The average molecular weight is 332 g/mol. The van der Waals surface area contributed by atoms with Gasteiger partial charge in [0.05, 0.1) is 41.2 Å². The second kappa shape index (κ2) is 8.05. The maximum Gasteiger partial charge on any atom is 0.205 e. The topological polar surface area (TPSA) is 70.9 Å². The first kappa shape index (κ1) is 17.4. The van der Waals surface area contributed by atoms with Crippen molar-refractivity contribution in [1.82, 2.24) is 0 Å². The van der Waals surface area contributed by atoms with Crippen molar-refractivity contribution in [3.05, 3.63) is 30.3 Å². The molecule has 0 fully saturated rings. The summed E-state index contributed by atoms with van der Waals surface area (Å²) in [7, 11) is 7.77. The largest absolute Gasteiger partial charge is 0.493 e. The highest BCUT2D eigenvalue weighted by Crippen LogP contribution is 2.44. The Kier molecular flexibility index (Phi) is 5.83. The Morgan fingerprint density at radius 2 is 1.21 bits per heavy atom. The lowest BCUT2D eigenvalue weighted by molar-refractivity contribution is 0.325. The monoisotopic (exact) mass is 332 g/mol. The van der Waals surface area contributed by atoms with Gasteiger partial charge in [-0.1, -0.05) is 0 Å². The molecule has 0 unspecified atom stereocenters. The highest BCUT2D eigenvalue weighted by Gasteiger charge is 2.15. The number of nitrogens with zero attached hydrogens (tertiary/aromatic N) is 2. The highest BCUT2D eigenvalue weighted by atomic mass is 16.5. The molecule has 0 N–H and O–H groups in total. The van der Waals surface area contributed by atoms with Gasteiger partial charge in [-0.15, -0.1) is 5.11 Å². The predicted octanol–water partition coefficient (Wildman–Crippen LogP) is 4.15. The second-order valence-corrected chi connectivity index (χ2v) is 4.59. The van der Waals surface area contributed by atoms with E-state index in [9.17, 15) is 0 Å². The van der Waals surface area contributed by atoms with E-state index in [4.69, 9.17) is 23.7 Å². The van der Waals surface area contributed by atoms with Crippen LogP contribution in [-0.2, 0) is 0 Å². The number of azo groups is 1. The number of rotatable bonds is 7. The summed E-state index contributed by atoms with van der Waals surface area (Å²) in [5, 5.41) is 8.44. The molecule has 0 atom stereocenters. The lowest BCUT2D eigenvalue weighted by Gasteiger charge is -2.13. The Hall–Kier alpha value is -2.96. The molecule has 2 aromatic rings. The third kappa shape index (κ3) is 3.51. The molecule has 0 bridgehead atoms. The van der Waals surface area contributed by atoms with E-state index in [0.29, 0.717) is 40.1 Å². The number of benzene rings is 2. The van der Waals surface area contributed by atoms with E-state index in [1.54, 1.807) is 51.7 Å². The fraction of sp³-hybridized carbons (Fsp3) is 0.294. The molecular formula is C17H20N2O5. The van der Waals surface area contributed by atoms with Crippen LogP contribution in [0.2, 0.25) is 0 Å². The van der Waals surface area contributed by atoms with Crippen molar-refractivity contribution in [3.8, 4) is 28.7 Å². The van der Waals surface area contributed by atoms with Crippen LogP contribution in [0.15, 0.2) is 40.6 Å². The standard InChI is InChI=1S/C17H20N2O5/c1-20-13-8-6-11(10-15(13)22-3)18-19-12-7-9-14(21-2)17(24-5)16(12)23-4/h6-10H,1-5H3. The summed E-state index contributed by atoms with van der Waals surface area (Å²) in [5.74, 6) is 2.66. The van der Waals surface area contributed by atoms with Crippen molar-refractivity contribution in [1.29, 1.82) is 0 Å². The lowest BCUT2D eigenvalue weighted by Crippen LogP contribution is -1.94. The third-order valence-corrected chi connectivity index (χ3v) is 3.32. The van der Waals surface area contributed by atoms with Crippen molar-refractivity contribution in [2.45, 2.75) is 0 Å². The Morgan fingerprint density at radius 1 is 0.583 bits per heavy atom. The quantitative estimate of drug-likeness (QED) is 0.712. The summed E-state index contributed by atoms with van der Waals surface area (Å²) in [6.45, 7) is 0. The molecule has 0 aliphatic carbocycles. The van der Waals surface area contributed by atoms with Crippen molar-refractivity contribution in [3.63, 3.8) is 0 Å². The first-order chi connectivity index (χ1) is 11.7. The van der Waals surface area contributed by atoms with Gasteiger partial charge in [-0.25, -0.2) is 0 Å². The van der Waals surface area contributed by atoms with E-state index in [0.717, 1.165) is 0 Å². The molecule has 7 heteroatoms. The van der Waals surface area contributed by atoms with Crippen molar-refractivity contribution in [2.75, 3.05) is 35.5 Å². The molecule has 0 aromatic heterocycles. The van der Waals surface area contributed by atoms with Gasteiger partial charge in [-0.2, -0.15) is 5.11 Å². The fourth-order valence-electron chi connectivity index (χ4n) is 2.16. The molecule has 0 amide bonds. The molecule has 2 rings (SSSR count). The summed E-state index contributed by atoms with van der Waals surface area (Å²) in [6, 6.07) is 8.75. The van der Waals surface area contributed by atoms with Crippen LogP contribution in [0.5, 0.6) is 28.7 Å². The molecule has 0 spiro atoms. The number of hydrogen-bond donors (Lipinski definition) is 0. The van der Waals surface area contributed by atoms with E-state index < -0.39 is 0 Å². The molecule has 7 nitrogen and oxygen atoms in total. The molecule has 128 valence electrons. The zero-order chi connectivity index (χ0) is 17.5. The first-order valence-electron chi connectivity index (χ1n) is 7.11. The van der Waals surface area contributed by atoms with Gasteiger partial charge >= 0.3 is 0 Å². The average Bonchev–Trinajstić information content (AvgIpc) is 2.64. The highest BCUT2D eigenvalue weighted by molar-refractivity contribution is 5.65. The van der Waals surface area contributed by atoms with Gasteiger partial charge < -0.3 is 23.7 Å². The van der Waals surface area contributed by atoms with Crippen LogP contribution in [0.1, 0.15) is 0 Å². The lowest BCUT2D eigenvalue weighted by atomic mass is 10.2. The van der Waals surface area contributed by atoms with Gasteiger partial charge in [-0.3, -0.25) is 0 Å². The number of ether oxygens (including phenoxy) is 5. The minimum Gasteiger partial charge on any atom is -0.493 e. The third-order valence-electron chi connectivity index (χ3n) is 3.32. The van der Waals surface area contributed by atoms with Crippen LogP contribution in [-0.4, -0.2) is 35.5 Å². The smallest absolute Gasteiger partial charge is 0.205 e. The van der Waals surface area contributed by atoms with E-state index in [-0.39, 0.29) is 0 Å². The van der Waals surface area contributed by atoms with E-state index in [1.807, 2.05) is 0 Å². The van der Waals surface area contributed by atoms with E-state index >= 15 is 0 Å². The molecule has 24 heavy (non-hydrogen) atoms. The van der Waals surface area contributed by atoms with Gasteiger partial charge in [0.25, 0.3) is 0 Å². The van der Waals surface area contributed by atoms with Gasteiger partial charge in [0, 0.05) is 6.07 Å². The molecule has 0 heterocycles. The van der Waals surface area contributed by atoms with Crippen LogP contribution in [0.4, 0.5) is 11.4 Å². The number of methoxy groups -OCH3 is 5. The SMILES string of the molecule is COc1ccc(N=Nc2ccc(OC)c(OC)c2OC)cc1OC. The Labute approximate surface area is 140 Å². The van der Waals surface area contributed by atoms with Crippen molar-refractivity contribution in [2.24, 2.45) is 10.2 Å². The zero-order valence-corrected chi connectivity index (χ0v) is 14.3. The summed E-state index contributed by atoms with van der Waals surface area (Å²) in [4.78, 5) is 0. The zero-order valence-electron chi connectivity index (χ0n) is 14.3. The molecule has 0 aliphatic heterocycles. The van der Waals surface area contributed by atoms with Crippen molar-refractivity contribution < 1.29 is 23.7 Å². The second-order valence-electron chi connectivity index (χ2n) is 4.59. The summed E-state index contributed by atoms with van der Waals surface area (Å²) in [6.07, 6.45) is 0. The van der Waals surface area contributed by atoms with Gasteiger partial charge in [-0.05, 0) is 24.3 Å². The first-order valence-corrected chi connectivity index (χ1v) is 7.11. The number of hydrogen-bond acceptors (Lipinski definition) is 7. The van der Waals surface area contributed by atoms with Crippen molar-refractivity contribution >= 4 is 11.4 Å². The molecule has 0 saturated carbocycles. The minimum atomic E-state index is 0.445. The summed E-state index contributed by atoms with van der Waals surface area (Å²) < 4.78 is 26.4. The molecule has 0 saturated heterocycles. The predicted molar refractivity (Wildman–Crippen MR) is 89.8 cm³/mol. The molecule has 0 radical (unpaired) electrons. The minimum absolute atomic E-state index is 0.445.